The molecule has 4 unspecified atom stereocenters. The van der Waals surface area contributed by atoms with Crippen LogP contribution in [-0.2, 0) is 24.3 Å². The molecule has 1 aromatic heterocycles. The third-order valence-electron chi connectivity index (χ3n) is 7.44. The molecule has 3 fully saturated rings. The van der Waals surface area contributed by atoms with Crippen LogP contribution in [0.25, 0.3) is 10.8 Å². The normalized spacial score (nSPS) is 25.9. The fraction of sp³-hybridized carbons (Fsp3) is 0.500. The van der Waals surface area contributed by atoms with Crippen LogP contribution in [0, 0.1) is 5.92 Å². The Balaban J connectivity index is 1.38. The number of carbonyl (C=O) groups excluding carboxylic acids is 3. The molecule has 3 amide bonds. The summed E-state index contributed by atoms with van der Waals surface area (Å²) in [6.07, 6.45) is 2.96. The van der Waals surface area contributed by atoms with Crippen LogP contribution in [0.4, 0.5) is 4.79 Å². The lowest BCUT2D eigenvalue weighted by molar-refractivity contribution is -0.131. The minimum atomic E-state index is -3.83. The first-order valence-corrected chi connectivity index (χ1v) is 15.4. The quantitative estimate of drug-likeness (QED) is 0.437. The van der Waals surface area contributed by atoms with E-state index < -0.39 is 62.4 Å². The maximum absolute atomic E-state index is 13.7. The number of nitrogens with one attached hydrogen (secondary N) is 2. The number of hydrogen-bond donors (Lipinski definition) is 2. The van der Waals surface area contributed by atoms with Gasteiger partial charge in [0.25, 0.3) is 5.91 Å². The van der Waals surface area contributed by atoms with Crippen LogP contribution in [0.15, 0.2) is 43.1 Å². The Morgan fingerprint density at radius 1 is 1.20 bits per heavy atom. The highest BCUT2D eigenvalue weighted by molar-refractivity contribution is 7.91. The Labute approximate surface area is 243 Å². The van der Waals surface area contributed by atoms with Crippen LogP contribution in [-0.4, -0.2) is 71.3 Å². The number of pyridine rings is 1. The molecule has 0 bridgehead atoms. The largest absolute Gasteiger partial charge is 0.472 e. The number of rotatable bonds is 8. The summed E-state index contributed by atoms with van der Waals surface area (Å²) in [5.74, 6) is -1.60. The first-order valence-electron chi connectivity index (χ1n) is 13.4. The van der Waals surface area contributed by atoms with Crippen molar-refractivity contribution in [3.05, 3.63) is 48.1 Å². The van der Waals surface area contributed by atoms with Gasteiger partial charge in [-0.1, -0.05) is 23.7 Å². The summed E-state index contributed by atoms with van der Waals surface area (Å²) in [5, 5.41) is 4.08. The molecule has 11 nitrogen and oxygen atoms in total. The number of carbonyl (C=O) groups is 3. The average Bonchev–Trinajstić information content (AvgIpc) is 3.80. The molecule has 1 saturated heterocycles. The van der Waals surface area contributed by atoms with Gasteiger partial charge in [-0.15, -0.1) is 6.58 Å². The zero-order valence-electron chi connectivity index (χ0n) is 23.1. The summed E-state index contributed by atoms with van der Waals surface area (Å²) in [6, 6.07) is 6.06. The highest BCUT2D eigenvalue weighted by Gasteiger charge is 2.62. The van der Waals surface area contributed by atoms with Crippen LogP contribution in [0.2, 0.25) is 5.02 Å². The summed E-state index contributed by atoms with van der Waals surface area (Å²) >= 11 is 6.33. The van der Waals surface area contributed by atoms with Crippen molar-refractivity contribution >= 4 is 50.3 Å². The summed E-state index contributed by atoms with van der Waals surface area (Å²) < 4.78 is 38.8. The maximum Gasteiger partial charge on any atom is 0.411 e. The molecular formula is C28H33ClN4O7S. The van der Waals surface area contributed by atoms with Crippen molar-refractivity contribution in [3.63, 3.8) is 0 Å². The highest BCUT2D eigenvalue weighted by atomic mass is 35.5. The second-order valence-electron chi connectivity index (χ2n) is 11.8. The molecule has 220 valence electrons. The number of fused-ring (bicyclic) bond motifs is 1. The number of nitrogens with zero attached hydrogens (tertiary/aromatic N) is 2. The van der Waals surface area contributed by atoms with E-state index in [2.05, 4.69) is 21.6 Å². The van der Waals surface area contributed by atoms with Crippen LogP contribution in [0.5, 0.6) is 5.88 Å². The zero-order valence-corrected chi connectivity index (χ0v) is 24.6. The number of benzene rings is 1. The molecule has 1 aromatic carbocycles. The maximum atomic E-state index is 13.7. The van der Waals surface area contributed by atoms with Gasteiger partial charge in [0, 0.05) is 34.3 Å². The molecule has 0 spiro atoms. The van der Waals surface area contributed by atoms with E-state index in [1.807, 2.05) is 6.07 Å². The zero-order chi connectivity index (χ0) is 29.7. The van der Waals surface area contributed by atoms with Crippen molar-refractivity contribution in [3.8, 4) is 5.88 Å². The van der Waals surface area contributed by atoms with Crippen molar-refractivity contribution in [1.29, 1.82) is 0 Å². The average molecular weight is 605 g/mol. The number of hydrogen-bond acceptors (Lipinski definition) is 8. The predicted octanol–water partition coefficient (Wildman–Crippen LogP) is 3.31. The Morgan fingerprint density at radius 3 is 2.56 bits per heavy atom. The van der Waals surface area contributed by atoms with Crippen LogP contribution in [0.3, 0.4) is 0 Å². The monoisotopic (exact) mass is 604 g/mol. The lowest BCUT2D eigenvalue weighted by Crippen LogP contribution is -2.56. The van der Waals surface area contributed by atoms with Gasteiger partial charge in [-0.25, -0.2) is 18.2 Å². The standard InChI is InChI=1S/C28H33ClN4O7S/c1-5-16-14-28(16,25(35)32-41(37,38)18-9-10-18)31-23(34)22-13-17(15-33(22)26(36)40-27(2,3)4)39-24-20-7-6-8-21(29)19(20)11-12-30-24/h5-8,11-12,16-18,22H,1,9-10,13-15H2,2-4H3,(H,31,34)(H,32,35). The van der Waals surface area contributed by atoms with Gasteiger partial charge in [0.1, 0.15) is 23.3 Å². The lowest BCUT2D eigenvalue weighted by Gasteiger charge is -2.29. The van der Waals surface area contributed by atoms with Crippen LogP contribution >= 0.6 is 11.6 Å². The smallest absolute Gasteiger partial charge is 0.411 e. The van der Waals surface area contributed by atoms with Crippen molar-refractivity contribution in [2.75, 3.05) is 6.54 Å². The number of amides is 3. The predicted molar refractivity (Wildman–Crippen MR) is 152 cm³/mol. The lowest BCUT2D eigenvalue weighted by atomic mass is 10.1. The SMILES string of the molecule is C=CC1CC1(NC(=O)C1CC(Oc2nccc3c(Cl)cccc23)CN1C(=O)OC(C)(C)C)C(=O)NS(=O)(=O)C1CC1. The molecule has 2 N–H and O–H groups in total. The van der Waals surface area contributed by atoms with Gasteiger partial charge in [-0.2, -0.15) is 0 Å². The third-order valence-corrected chi connectivity index (χ3v) is 9.59. The van der Waals surface area contributed by atoms with Crippen LogP contribution in [0.1, 0.15) is 46.5 Å². The Kier molecular flexibility index (Phi) is 7.44. The minimum absolute atomic E-state index is 0.0196. The van der Waals surface area contributed by atoms with Crippen molar-refractivity contribution < 1.29 is 32.3 Å². The van der Waals surface area contributed by atoms with E-state index in [-0.39, 0.29) is 19.4 Å². The van der Waals surface area contributed by atoms with Gasteiger partial charge in [0.2, 0.25) is 21.8 Å². The molecule has 4 atom stereocenters. The van der Waals surface area contributed by atoms with Gasteiger partial charge >= 0.3 is 6.09 Å². The first-order chi connectivity index (χ1) is 19.2. The van der Waals surface area contributed by atoms with E-state index >= 15 is 0 Å². The molecule has 2 saturated carbocycles. The fourth-order valence-corrected chi connectivity index (χ4v) is 6.67. The number of halogens is 1. The van der Waals surface area contributed by atoms with Gasteiger partial charge in [-0.05, 0) is 58.2 Å². The molecule has 0 radical (unpaired) electrons. The first kappa shape index (κ1) is 29.1. The molecule has 41 heavy (non-hydrogen) atoms. The number of aromatic nitrogens is 1. The van der Waals surface area contributed by atoms with E-state index in [0.29, 0.717) is 29.1 Å². The molecule has 13 heteroatoms. The Morgan fingerprint density at radius 2 is 1.93 bits per heavy atom. The fourth-order valence-electron chi connectivity index (χ4n) is 5.07. The Hall–Kier alpha value is -3.38. The van der Waals surface area contributed by atoms with Gasteiger partial charge < -0.3 is 14.8 Å². The van der Waals surface area contributed by atoms with E-state index in [1.165, 1.54) is 11.0 Å². The van der Waals surface area contributed by atoms with E-state index in [4.69, 9.17) is 21.1 Å². The van der Waals surface area contributed by atoms with E-state index in [0.717, 1.165) is 5.39 Å². The highest BCUT2D eigenvalue weighted by Crippen LogP contribution is 2.45. The molecule has 1 aliphatic heterocycles. The summed E-state index contributed by atoms with van der Waals surface area (Å²) in [7, 11) is -3.83. The van der Waals surface area contributed by atoms with Crippen molar-refractivity contribution in [2.24, 2.45) is 5.92 Å². The van der Waals surface area contributed by atoms with E-state index in [9.17, 15) is 22.8 Å². The molecular weight excluding hydrogens is 572 g/mol. The minimum Gasteiger partial charge on any atom is -0.472 e. The molecule has 2 heterocycles. The topological polar surface area (TPSA) is 144 Å². The van der Waals surface area contributed by atoms with Gasteiger partial charge in [0.05, 0.1) is 11.8 Å². The summed E-state index contributed by atoms with van der Waals surface area (Å²) in [6.45, 7) is 8.88. The molecule has 2 aliphatic carbocycles. The number of ether oxygens (including phenoxy) is 2. The van der Waals surface area contributed by atoms with Gasteiger partial charge in [0.15, 0.2) is 0 Å². The summed E-state index contributed by atoms with van der Waals surface area (Å²) in [5.41, 5.74) is -2.30. The molecule has 3 aliphatic rings. The molecule has 2 aromatic rings. The van der Waals surface area contributed by atoms with Crippen molar-refractivity contribution in [1.82, 2.24) is 19.9 Å². The van der Waals surface area contributed by atoms with Crippen molar-refractivity contribution in [2.45, 2.75) is 75.0 Å². The number of likely N-dealkylation sites (tertiary alicyclic amines) is 1. The molecule has 5 rings (SSSR count). The second-order valence-corrected chi connectivity index (χ2v) is 14.1. The third kappa shape index (κ3) is 5.99. The van der Waals surface area contributed by atoms with E-state index in [1.54, 1.807) is 45.2 Å². The number of sulfonamides is 1. The summed E-state index contributed by atoms with van der Waals surface area (Å²) in [4.78, 5) is 45.7. The Bertz CT molecular complexity index is 1520. The second kappa shape index (κ2) is 10.5. The van der Waals surface area contributed by atoms with Gasteiger partial charge in [-0.3, -0.25) is 19.2 Å². The van der Waals surface area contributed by atoms with Crippen LogP contribution < -0.4 is 14.8 Å².